The number of halogens is 3. The lowest BCUT2D eigenvalue weighted by molar-refractivity contribution is -0.129. The number of ketones is 2. The van der Waals surface area contributed by atoms with E-state index < -0.39 is 29.3 Å². The molecule has 1 amide bonds. The van der Waals surface area contributed by atoms with Crippen molar-refractivity contribution in [2.45, 2.75) is 46.1 Å². The van der Waals surface area contributed by atoms with Crippen molar-refractivity contribution in [3.8, 4) is 0 Å². The summed E-state index contributed by atoms with van der Waals surface area (Å²) in [5.74, 6) is -3.76. The van der Waals surface area contributed by atoms with Crippen LogP contribution >= 0.6 is 0 Å². The van der Waals surface area contributed by atoms with Crippen molar-refractivity contribution in [1.82, 2.24) is 10.3 Å². The summed E-state index contributed by atoms with van der Waals surface area (Å²) in [7, 11) is 0. The van der Waals surface area contributed by atoms with E-state index in [0.29, 0.717) is 16.9 Å². The normalized spacial score (nSPS) is 11.5. The monoisotopic (exact) mass is 563 g/mol. The fourth-order valence-electron chi connectivity index (χ4n) is 4.51. The summed E-state index contributed by atoms with van der Waals surface area (Å²) in [4.78, 5) is 42.3. The van der Waals surface area contributed by atoms with E-state index in [0.717, 1.165) is 28.5 Å². The van der Waals surface area contributed by atoms with Gasteiger partial charge in [0, 0.05) is 48.9 Å². The number of aromatic nitrogens is 1. The van der Waals surface area contributed by atoms with Gasteiger partial charge in [0.05, 0.1) is 0 Å². The molecule has 0 fully saturated rings. The molecular formula is C32H32F3N3O3. The molecule has 0 bridgehead atoms. The molecule has 3 aromatic carbocycles. The average Bonchev–Trinajstić information content (AvgIpc) is 2.93. The summed E-state index contributed by atoms with van der Waals surface area (Å²) in [6.07, 6.45) is 1.92. The zero-order valence-corrected chi connectivity index (χ0v) is 21.6. The predicted molar refractivity (Wildman–Crippen MR) is 152 cm³/mol. The number of hydrogen-bond donors (Lipinski definition) is 2. The molecule has 4 aromatic rings. The Hall–Kier alpha value is -4.53. The Morgan fingerprint density at radius 1 is 0.854 bits per heavy atom. The van der Waals surface area contributed by atoms with Gasteiger partial charge in [-0.2, -0.15) is 0 Å². The first-order valence-electron chi connectivity index (χ1n) is 12.8. The van der Waals surface area contributed by atoms with Gasteiger partial charge >= 0.3 is 0 Å². The van der Waals surface area contributed by atoms with Gasteiger partial charge in [0.15, 0.2) is 17.4 Å². The number of pyridine rings is 1. The van der Waals surface area contributed by atoms with Gasteiger partial charge in [-0.1, -0.05) is 25.6 Å². The summed E-state index contributed by atoms with van der Waals surface area (Å²) in [5, 5.41) is 4.49. The number of rotatable bonds is 12. The van der Waals surface area contributed by atoms with Gasteiger partial charge in [-0.3, -0.25) is 14.4 Å². The van der Waals surface area contributed by atoms with Crippen LogP contribution in [0, 0.1) is 23.4 Å². The molecule has 1 heterocycles. The lowest BCUT2D eigenvalue weighted by Gasteiger charge is -2.17. The van der Waals surface area contributed by atoms with E-state index in [2.05, 4.69) is 10.3 Å². The molecule has 214 valence electrons. The van der Waals surface area contributed by atoms with E-state index in [1.165, 1.54) is 30.3 Å². The van der Waals surface area contributed by atoms with Gasteiger partial charge in [0.2, 0.25) is 5.91 Å². The number of nitrogens with zero attached hydrogens (tertiary/aromatic N) is 1. The number of nitrogens with one attached hydrogen (secondary N) is 1. The van der Waals surface area contributed by atoms with Crippen molar-refractivity contribution in [3.63, 3.8) is 0 Å². The van der Waals surface area contributed by atoms with Crippen molar-refractivity contribution in [1.29, 1.82) is 0 Å². The van der Waals surface area contributed by atoms with Crippen LogP contribution in [0.15, 0.2) is 72.9 Å². The quantitative estimate of drug-likeness (QED) is 0.195. The van der Waals surface area contributed by atoms with Crippen molar-refractivity contribution >= 4 is 34.1 Å². The van der Waals surface area contributed by atoms with Crippen LogP contribution in [0.4, 0.5) is 19.0 Å². The van der Waals surface area contributed by atoms with Crippen LogP contribution in [0.1, 0.15) is 54.6 Å². The summed E-state index contributed by atoms with van der Waals surface area (Å²) >= 11 is 0. The molecule has 4 rings (SSSR count). The number of carbonyl (C=O) groups is 3. The molecule has 0 spiro atoms. The Kier molecular flexibility index (Phi) is 10.7. The molecule has 0 aliphatic carbocycles. The largest absolute Gasteiger partial charge is 0.383 e. The molecule has 0 aliphatic heterocycles. The molecular weight excluding hydrogens is 531 g/mol. The second kappa shape index (κ2) is 14.2. The molecule has 0 radical (unpaired) electrons. The minimum absolute atomic E-state index is 0. The number of carbonyl (C=O) groups excluding carboxylic acids is 3. The number of anilines is 1. The van der Waals surface area contributed by atoms with Crippen LogP contribution in [0.2, 0.25) is 0 Å². The summed E-state index contributed by atoms with van der Waals surface area (Å²) < 4.78 is 40.3. The molecule has 41 heavy (non-hydrogen) atoms. The highest BCUT2D eigenvalue weighted by Crippen LogP contribution is 2.21. The second-order valence-electron chi connectivity index (χ2n) is 9.65. The molecule has 6 nitrogen and oxygen atoms in total. The van der Waals surface area contributed by atoms with Gasteiger partial charge in [-0.25, -0.2) is 18.2 Å². The maximum atomic E-state index is 13.8. The van der Waals surface area contributed by atoms with Crippen molar-refractivity contribution in [2.75, 3.05) is 5.73 Å². The number of fused-ring (bicyclic) bond motifs is 1. The third-order valence-corrected chi connectivity index (χ3v) is 6.66. The second-order valence-corrected chi connectivity index (χ2v) is 9.65. The van der Waals surface area contributed by atoms with E-state index in [-0.39, 0.29) is 57.6 Å². The smallest absolute Gasteiger partial charge is 0.224 e. The molecule has 1 aromatic heterocycles. The van der Waals surface area contributed by atoms with Crippen molar-refractivity contribution in [2.24, 2.45) is 5.92 Å². The first-order chi connectivity index (χ1) is 19.2. The summed E-state index contributed by atoms with van der Waals surface area (Å²) in [6.45, 7) is 0.186. The standard InChI is InChI=1S/C31H28F3N3O3.CH4/c32-24-8-6-21(7-9-24)29(39)3-1-2-25(38)17-23(14-19-5-11-27(33)28(34)16-19)31(40)37-18-20-4-10-26-22(15-20)12-13-36-30(26)35;/h4-13,15-16,23H,1-3,14,17-18H2,(H2,35,36)(H,37,40);1H4/t23-;/m1./s1. The SMILES string of the molecule is C.Nc1nccc2cc(CNC(=O)[C@@H](CC(=O)CCCC(=O)c3ccc(F)cc3)Cc3ccc(F)c(F)c3)ccc12. The van der Waals surface area contributed by atoms with Crippen LogP contribution in [-0.4, -0.2) is 22.5 Å². The highest BCUT2D eigenvalue weighted by Gasteiger charge is 2.23. The van der Waals surface area contributed by atoms with E-state index in [4.69, 9.17) is 5.73 Å². The number of amides is 1. The van der Waals surface area contributed by atoms with Gasteiger partial charge in [0.25, 0.3) is 0 Å². The highest BCUT2D eigenvalue weighted by molar-refractivity contribution is 5.96. The topological polar surface area (TPSA) is 102 Å². The minimum atomic E-state index is -1.03. The van der Waals surface area contributed by atoms with Crippen LogP contribution in [0.25, 0.3) is 10.8 Å². The average molecular weight is 564 g/mol. The van der Waals surface area contributed by atoms with Crippen molar-refractivity contribution < 1.29 is 27.6 Å². The molecule has 3 N–H and O–H groups in total. The molecule has 0 aliphatic rings. The Morgan fingerprint density at radius 2 is 1.59 bits per heavy atom. The lowest BCUT2D eigenvalue weighted by Crippen LogP contribution is -2.33. The number of Topliss-reactive ketones (excluding diaryl/α,β-unsaturated/α-hetero) is 2. The lowest BCUT2D eigenvalue weighted by atomic mass is 9.91. The molecule has 9 heteroatoms. The third-order valence-electron chi connectivity index (χ3n) is 6.66. The van der Waals surface area contributed by atoms with Gasteiger partial charge in [-0.15, -0.1) is 0 Å². The van der Waals surface area contributed by atoms with Crippen LogP contribution in [0.5, 0.6) is 0 Å². The van der Waals surface area contributed by atoms with E-state index in [1.807, 2.05) is 24.3 Å². The van der Waals surface area contributed by atoms with Gasteiger partial charge in [-0.05, 0) is 77.9 Å². The number of benzene rings is 3. The summed E-state index contributed by atoms with van der Waals surface area (Å²) in [5.41, 5.74) is 7.45. The van der Waals surface area contributed by atoms with Crippen molar-refractivity contribution in [3.05, 3.63) is 107 Å². The summed E-state index contributed by atoms with van der Waals surface area (Å²) in [6, 6.07) is 15.9. The van der Waals surface area contributed by atoms with Crippen LogP contribution in [-0.2, 0) is 22.6 Å². The maximum absolute atomic E-state index is 13.8. The third kappa shape index (κ3) is 8.48. The van der Waals surface area contributed by atoms with Crippen LogP contribution < -0.4 is 11.1 Å². The Morgan fingerprint density at radius 3 is 2.32 bits per heavy atom. The molecule has 0 saturated carbocycles. The van der Waals surface area contributed by atoms with E-state index >= 15 is 0 Å². The zero-order valence-electron chi connectivity index (χ0n) is 21.6. The first-order valence-corrected chi connectivity index (χ1v) is 12.8. The van der Waals surface area contributed by atoms with Gasteiger partial charge < -0.3 is 11.1 Å². The van der Waals surface area contributed by atoms with E-state index in [1.54, 1.807) is 6.20 Å². The van der Waals surface area contributed by atoms with Crippen LogP contribution in [0.3, 0.4) is 0 Å². The maximum Gasteiger partial charge on any atom is 0.224 e. The molecule has 0 saturated heterocycles. The first kappa shape index (κ1) is 31.0. The number of hydrogen-bond acceptors (Lipinski definition) is 5. The molecule has 1 atom stereocenters. The van der Waals surface area contributed by atoms with E-state index in [9.17, 15) is 27.6 Å². The Balaban J connectivity index is 0.00000462. The van der Waals surface area contributed by atoms with Gasteiger partial charge in [0.1, 0.15) is 17.4 Å². The number of nitrogens with two attached hydrogens (primary N) is 1. The highest BCUT2D eigenvalue weighted by atomic mass is 19.2. The molecule has 0 unspecified atom stereocenters. The Bertz CT molecular complexity index is 1540. The minimum Gasteiger partial charge on any atom is -0.383 e. The zero-order chi connectivity index (χ0) is 28.6. The predicted octanol–water partition coefficient (Wildman–Crippen LogP) is 6.36. The fraction of sp³-hybridized carbons (Fsp3) is 0.250. The Labute approximate surface area is 236 Å². The number of nitrogen functional groups attached to an aromatic ring is 1. The fourth-order valence-corrected chi connectivity index (χ4v) is 4.51.